The van der Waals surface area contributed by atoms with Gasteiger partial charge in [-0.1, -0.05) is 40.5 Å². The first-order valence-electron chi connectivity index (χ1n) is 8.16. The molecule has 1 aliphatic carbocycles. The van der Waals surface area contributed by atoms with Gasteiger partial charge in [-0.3, -0.25) is 4.68 Å². The smallest absolute Gasteiger partial charge is 0.0666 e. The van der Waals surface area contributed by atoms with Crippen LogP contribution in [0.25, 0.3) is 0 Å². The molecule has 0 amide bonds. The van der Waals surface area contributed by atoms with Crippen LogP contribution in [0.1, 0.15) is 64.6 Å². The normalized spacial score (nSPS) is 24.1. The minimum atomic E-state index is 0.403. The van der Waals surface area contributed by atoms with E-state index in [-0.39, 0.29) is 0 Å². The van der Waals surface area contributed by atoms with E-state index in [0.717, 1.165) is 18.9 Å². The second-order valence-corrected chi connectivity index (χ2v) is 7.37. The van der Waals surface area contributed by atoms with E-state index in [2.05, 4.69) is 44.3 Å². The summed E-state index contributed by atoms with van der Waals surface area (Å²) in [7, 11) is 2.02. The molecule has 3 heteroatoms. The van der Waals surface area contributed by atoms with Crippen molar-refractivity contribution in [3.63, 3.8) is 0 Å². The Hall–Kier alpha value is -0.830. The number of hydrogen-bond donors (Lipinski definition) is 1. The summed E-state index contributed by atoms with van der Waals surface area (Å²) in [4.78, 5) is 0. The highest BCUT2D eigenvalue weighted by molar-refractivity contribution is 5.16. The lowest BCUT2D eigenvalue weighted by Crippen LogP contribution is -2.44. The van der Waals surface area contributed by atoms with Crippen molar-refractivity contribution in [2.45, 2.75) is 72.4 Å². The van der Waals surface area contributed by atoms with Gasteiger partial charge in [-0.05, 0) is 30.6 Å². The average molecular weight is 277 g/mol. The van der Waals surface area contributed by atoms with Crippen molar-refractivity contribution in [3.8, 4) is 0 Å². The van der Waals surface area contributed by atoms with E-state index < -0.39 is 0 Å². The molecule has 2 atom stereocenters. The fraction of sp³-hybridized carbons (Fsp3) is 0.824. The summed E-state index contributed by atoms with van der Waals surface area (Å²) < 4.78 is 1.94. The fourth-order valence-corrected chi connectivity index (χ4v) is 3.68. The van der Waals surface area contributed by atoms with Crippen molar-refractivity contribution in [2.75, 3.05) is 0 Å². The van der Waals surface area contributed by atoms with E-state index >= 15 is 0 Å². The molecule has 1 aromatic rings. The van der Waals surface area contributed by atoms with Gasteiger partial charge in [0, 0.05) is 31.4 Å². The number of aryl methyl sites for hydroxylation is 2. The third-order valence-electron chi connectivity index (χ3n) is 4.76. The molecule has 0 spiro atoms. The summed E-state index contributed by atoms with van der Waals surface area (Å²) in [5.74, 6) is 0.790. The molecule has 0 aromatic carbocycles. The Morgan fingerprint density at radius 2 is 2.00 bits per heavy atom. The summed E-state index contributed by atoms with van der Waals surface area (Å²) in [5.41, 5.74) is 3.01. The van der Waals surface area contributed by atoms with Crippen molar-refractivity contribution in [2.24, 2.45) is 18.4 Å². The van der Waals surface area contributed by atoms with Gasteiger partial charge < -0.3 is 5.32 Å². The molecule has 1 heterocycles. The molecule has 0 saturated heterocycles. The van der Waals surface area contributed by atoms with Crippen molar-refractivity contribution in [1.82, 2.24) is 15.1 Å². The van der Waals surface area contributed by atoms with Crippen LogP contribution in [0.4, 0.5) is 0 Å². The second-order valence-electron chi connectivity index (χ2n) is 7.37. The summed E-state index contributed by atoms with van der Waals surface area (Å²) in [6, 6.07) is 0.661. The van der Waals surface area contributed by atoms with Gasteiger partial charge in [0.25, 0.3) is 0 Å². The fourth-order valence-electron chi connectivity index (χ4n) is 3.68. The molecule has 20 heavy (non-hydrogen) atoms. The predicted octanol–water partition coefficient (Wildman–Crippen LogP) is 3.68. The number of nitrogens with one attached hydrogen (secondary N) is 1. The maximum absolute atomic E-state index is 4.54. The van der Waals surface area contributed by atoms with Crippen LogP contribution in [-0.2, 0) is 20.0 Å². The van der Waals surface area contributed by atoms with Gasteiger partial charge in [0.05, 0.1) is 5.69 Å². The first kappa shape index (κ1) is 15.6. The molecule has 1 N–H and O–H groups in total. The van der Waals surface area contributed by atoms with Crippen LogP contribution in [-0.4, -0.2) is 15.8 Å². The molecule has 0 bridgehead atoms. The van der Waals surface area contributed by atoms with Gasteiger partial charge in [-0.2, -0.15) is 5.10 Å². The SMILES string of the molecule is CCc1nn(C)cc1CNC1CCCCC1C(C)(C)C. The Morgan fingerprint density at radius 3 is 2.65 bits per heavy atom. The van der Waals surface area contributed by atoms with E-state index in [0.29, 0.717) is 11.5 Å². The van der Waals surface area contributed by atoms with Crippen LogP contribution in [0, 0.1) is 11.3 Å². The molecule has 2 rings (SSSR count). The maximum Gasteiger partial charge on any atom is 0.0666 e. The average Bonchev–Trinajstić information content (AvgIpc) is 2.76. The van der Waals surface area contributed by atoms with Crippen LogP contribution in [0.5, 0.6) is 0 Å². The highest BCUT2D eigenvalue weighted by atomic mass is 15.3. The van der Waals surface area contributed by atoms with Crippen LogP contribution >= 0.6 is 0 Å². The lowest BCUT2D eigenvalue weighted by atomic mass is 9.69. The van der Waals surface area contributed by atoms with E-state index in [1.165, 1.54) is 36.9 Å². The van der Waals surface area contributed by atoms with Gasteiger partial charge in [0.1, 0.15) is 0 Å². The summed E-state index contributed by atoms with van der Waals surface area (Å²) in [5, 5.41) is 8.37. The highest BCUT2D eigenvalue weighted by Gasteiger charge is 2.33. The maximum atomic E-state index is 4.54. The summed E-state index contributed by atoms with van der Waals surface area (Å²) in [6.45, 7) is 10.3. The molecule has 0 radical (unpaired) electrons. The van der Waals surface area contributed by atoms with Crippen molar-refractivity contribution in [1.29, 1.82) is 0 Å². The standard InChI is InChI=1S/C17H31N3/c1-6-15-13(12-20(5)19-15)11-18-16-10-8-7-9-14(16)17(2,3)4/h12,14,16,18H,6-11H2,1-5H3. The van der Waals surface area contributed by atoms with Crippen molar-refractivity contribution >= 4 is 0 Å². The third-order valence-corrected chi connectivity index (χ3v) is 4.76. The van der Waals surface area contributed by atoms with Crippen LogP contribution < -0.4 is 5.32 Å². The van der Waals surface area contributed by atoms with Gasteiger partial charge in [0.15, 0.2) is 0 Å². The van der Waals surface area contributed by atoms with Gasteiger partial charge in [0.2, 0.25) is 0 Å². The molecular formula is C17H31N3. The third kappa shape index (κ3) is 3.63. The monoisotopic (exact) mass is 277 g/mol. The molecule has 3 nitrogen and oxygen atoms in total. The molecule has 1 aliphatic rings. The first-order chi connectivity index (χ1) is 9.41. The molecular weight excluding hydrogens is 246 g/mol. The van der Waals surface area contributed by atoms with Crippen molar-refractivity contribution < 1.29 is 0 Å². The van der Waals surface area contributed by atoms with E-state index in [4.69, 9.17) is 0 Å². The van der Waals surface area contributed by atoms with Gasteiger partial charge in [-0.25, -0.2) is 0 Å². The van der Waals surface area contributed by atoms with E-state index in [9.17, 15) is 0 Å². The minimum Gasteiger partial charge on any atom is -0.310 e. The summed E-state index contributed by atoms with van der Waals surface area (Å²) >= 11 is 0. The Balaban J connectivity index is 2.00. The molecule has 114 valence electrons. The zero-order valence-electron chi connectivity index (χ0n) is 13.9. The largest absolute Gasteiger partial charge is 0.310 e. The molecule has 1 aromatic heterocycles. The molecule has 1 saturated carbocycles. The van der Waals surface area contributed by atoms with Crippen LogP contribution in [0.3, 0.4) is 0 Å². The Labute approximate surface area is 124 Å². The first-order valence-corrected chi connectivity index (χ1v) is 8.16. The van der Waals surface area contributed by atoms with E-state index in [1.807, 2.05) is 11.7 Å². The second kappa shape index (κ2) is 6.30. The van der Waals surface area contributed by atoms with Gasteiger partial charge >= 0.3 is 0 Å². The van der Waals surface area contributed by atoms with Crippen molar-refractivity contribution in [3.05, 3.63) is 17.5 Å². The minimum absolute atomic E-state index is 0.403. The summed E-state index contributed by atoms with van der Waals surface area (Å²) in [6.07, 6.45) is 8.65. The number of aromatic nitrogens is 2. The number of hydrogen-bond acceptors (Lipinski definition) is 2. The lowest BCUT2D eigenvalue weighted by Gasteiger charge is -2.41. The molecule has 0 aliphatic heterocycles. The number of nitrogens with zero attached hydrogens (tertiary/aromatic N) is 2. The Kier molecular flexibility index (Phi) is 4.90. The molecule has 1 fully saturated rings. The quantitative estimate of drug-likeness (QED) is 0.910. The predicted molar refractivity (Wildman–Crippen MR) is 84.6 cm³/mol. The van der Waals surface area contributed by atoms with Crippen LogP contribution in [0.2, 0.25) is 0 Å². The molecule has 2 unspecified atom stereocenters. The zero-order chi connectivity index (χ0) is 14.8. The highest BCUT2D eigenvalue weighted by Crippen LogP contribution is 2.38. The number of rotatable bonds is 4. The topological polar surface area (TPSA) is 29.9 Å². The van der Waals surface area contributed by atoms with Gasteiger partial charge in [-0.15, -0.1) is 0 Å². The van der Waals surface area contributed by atoms with E-state index in [1.54, 1.807) is 0 Å². The Morgan fingerprint density at radius 1 is 1.30 bits per heavy atom. The Bertz CT molecular complexity index is 428. The zero-order valence-corrected chi connectivity index (χ0v) is 13.9. The van der Waals surface area contributed by atoms with Crippen LogP contribution in [0.15, 0.2) is 6.20 Å². The lowest BCUT2D eigenvalue weighted by molar-refractivity contribution is 0.130.